The molecule has 1 atom stereocenters. The van der Waals surface area contributed by atoms with Crippen LogP contribution in [-0.4, -0.2) is 55.9 Å². The molecule has 0 radical (unpaired) electrons. The van der Waals surface area contributed by atoms with E-state index < -0.39 is 0 Å². The number of likely N-dealkylation sites (tertiary alicyclic amines) is 1. The lowest BCUT2D eigenvalue weighted by Gasteiger charge is -2.21. The number of rotatable bonds is 8. The third-order valence-electron chi connectivity index (χ3n) is 5.17. The smallest absolute Gasteiger partial charge is 0.231 e. The molecule has 0 saturated carbocycles. The molecule has 1 fully saturated rings. The molecule has 2 aliphatic rings. The first-order valence-corrected chi connectivity index (χ1v) is 9.11. The summed E-state index contributed by atoms with van der Waals surface area (Å²) in [6.07, 6.45) is 3.77. The van der Waals surface area contributed by atoms with Crippen molar-refractivity contribution in [2.75, 3.05) is 46.1 Å². The minimum atomic E-state index is 0.364. The van der Waals surface area contributed by atoms with Crippen LogP contribution in [0.15, 0.2) is 18.2 Å². The Morgan fingerprint density at radius 1 is 1.17 bits per heavy atom. The second kappa shape index (κ2) is 8.02. The van der Waals surface area contributed by atoms with E-state index in [2.05, 4.69) is 41.8 Å². The molecule has 0 N–H and O–H groups in total. The maximum absolute atomic E-state index is 5.48. The van der Waals surface area contributed by atoms with E-state index in [-0.39, 0.29) is 0 Å². The zero-order valence-electron chi connectivity index (χ0n) is 14.6. The van der Waals surface area contributed by atoms with Crippen LogP contribution < -0.4 is 9.47 Å². The second-order valence-electron chi connectivity index (χ2n) is 6.73. The number of hydrogen-bond acceptors (Lipinski definition) is 4. The normalized spacial score (nSPS) is 20.6. The highest BCUT2D eigenvalue weighted by Crippen LogP contribution is 2.33. The van der Waals surface area contributed by atoms with Gasteiger partial charge in [-0.15, -0.1) is 0 Å². The highest BCUT2D eigenvalue weighted by molar-refractivity contribution is 5.44. The van der Waals surface area contributed by atoms with Gasteiger partial charge in [-0.2, -0.15) is 0 Å². The summed E-state index contributed by atoms with van der Waals surface area (Å²) in [6.45, 7) is 12.2. The van der Waals surface area contributed by atoms with E-state index in [1.807, 2.05) is 0 Å². The van der Waals surface area contributed by atoms with Crippen molar-refractivity contribution in [3.05, 3.63) is 23.8 Å². The largest absolute Gasteiger partial charge is 0.454 e. The Kier molecular flexibility index (Phi) is 5.79. The Balaban J connectivity index is 1.41. The van der Waals surface area contributed by atoms with Crippen LogP contribution in [0.3, 0.4) is 0 Å². The molecular formula is C19H30N2O2. The number of fused-ring (bicyclic) bond motifs is 1. The fraction of sp³-hybridized carbons (Fsp3) is 0.684. The van der Waals surface area contributed by atoms with Crippen LogP contribution >= 0.6 is 0 Å². The zero-order chi connectivity index (χ0) is 16.1. The van der Waals surface area contributed by atoms with Crippen molar-refractivity contribution in [3.8, 4) is 11.5 Å². The molecule has 0 aliphatic carbocycles. The van der Waals surface area contributed by atoms with Crippen LogP contribution in [0.25, 0.3) is 0 Å². The Morgan fingerprint density at radius 2 is 2.00 bits per heavy atom. The maximum Gasteiger partial charge on any atom is 0.231 e. The molecule has 2 aliphatic heterocycles. The fourth-order valence-electron chi connectivity index (χ4n) is 3.74. The molecule has 0 aromatic heterocycles. The van der Waals surface area contributed by atoms with E-state index in [0.717, 1.165) is 23.8 Å². The Bertz CT molecular complexity index is 502. The fourth-order valence-corrected chi connectivity index (χ4v) is 3.74. The topological polar surface area (TPSA) is 24.9 Å². The van der Waals surface area contributed by atoms with Gasteiger partial charge in [-0.3, -0.25) is 0 Å². The van der Waals surface area contributed by atoms with Gasteiger partial charge in [0.1, 0.15) is 0 Å². The summed E-state index contributed by atoms with van der Waals surface area (Å²) in [4.78, 5) is 5.15. The number of ether oxygens (including phenoxy) is 2. The first-order chi connectivity index (χ1) is 11.3. The number of nitrogens with zero attached hydrogens (tertiary/aromatic N) is 2. The average Bonchev–Trinajstić information content (AvgIpc) is 3.20. The molecule has 4 heteroatoms. The van der Waals surface area contributed by atoms with E-state index in [9.17, 15) is 0 Å². The Morgan fingerprint density at radius 3 is 2.83 bits per heavy atom. The average molecular weight is 318 g/mol. The van der Waals surface area contributed by atoms with Crippen molar-refractivity contribution in [1.82, 2.24) is 9.80 Å². The highest BCUT2D eigenvalue weighted by atomic mass is 16.7. The van der Waals surface area contributed by atoms with Crippen LogP contribution in [0.4, 0.5) is 0 Å². The summed E-state index contributed by atoms with van der Waals surface area (Å²) >= 11 is 0. The molecule has 1 aromatic carbocycles. The molecule has 4 nitrogen and oxygen atoms in total. The van der Waals surface area contributed by atoms with E-state index in [4.69, 9.17) is 9.47 Å². The van der Waals surface area contributed by atoms with Gasteiger partial charge in [-0.05, 0) is 75.6 Å². The molecule has 0 spiro atoms. The van der Waals surface area contributed by atoms with Gasteiger partial charge in [0.05, 0.1) is 0 Å². The standard InChI is InChI=1S/C19H30N2O2/c1-3-20(4-2)9-5-10-21-11-8-17(14-21)12-16-6-7-18-19(13-16)23-15-22-18/h6-7,13,17H,3-5,8-12,14-15H2,1-2H3. The Labute approximate surface area is 140 Å². The van der Waals surface area contributed by atoms with Gasteiger partial charge in [0.2, 0.25) is 6.79 Å². The van der Waals surface area contributed by atoms with Crippen LogP contribution in [-0.2, 0) is 6.42 Å². The highest BCUT2D eigenvalue weighted by Gasteiger charge is 2.23. The second-order valence-corrected chi connectivity index (χ2v) is 6.73. The van der Waals surface area contributed by atoms with E-state index in [1.54, 1.807) is 0 Å². The van der Waals surface area contributed by atoms with Crippen molar-refractivity contribution >= 4 is 0 Å². The van der Waals surface area contributed by atoms with Crippen molar-refractivity contribution in [2.24, 2.45) is 5.92 Å². The van der Waals surface area contributed by atoms with Crippen molar-refractivity contribution in [2.45, 2.75) is 33.1 Å². The van der Waals surface area contributed by atoms with Gasteiger partial charge in [0.15, 0.2) is 11.5 Å². The third kappa shape index (κ3) is 4.39. The summed E-state index contributed by atoms with van der Waals surface area (Å²) in [7, 11) is 0. The molecule has 1 unspecified atom stereocenters. The summed E-state index contributed by atoms with van der Waals surface area (Å²) in [5, 5.41) is 0. The molecular weight excluding hydrogens is 288 g/mol. The molecule has 128 valence electrons. The minimum Gasteiger partial charge on any atom is -0.454 e. The van der Waals surface area contributed by atoms with E-state index in [0.29, 0.717) is 6.79 Å². The van der Waals surface area contributed by atoms with E-state index >= 15 is 0 Å². The Hall–Kier alpha value is -1.26. The summed E-state index contributed by atoms with van der Waals surface area (Å²) in [6, 6.07) is 6.40. The number of hydrogen-bond donors (Lipinski definition) is 0. The van der Waals surface area contributed by atoms with Crippen LogP contribution in [0.5, 0.6) is 11.5 Å². The lowest BCUT2D eigenvalue weighted by Crippen LogP contribution is -2.29. The van der Waals surface area contributed by atoms with Gasteiger partial charge in [0, 0.05) is 6.54 Å². The van der Waals surface area contributed by atoms with Gasteiger partial charge in [-0.25, -0.2) is 0 Å². The zero-order valence-corrected chi connectivity index (χ0v) is 14.6. The molecule has 2 heterocycles. The molecule has 0 bridgehead atoms. The van der Waals surface area contributed by atoms with Crippen molar-refractivity contribution in [3.63, 3.8) is 0 Å². The third-order valence-corrected chi connectivity index (χ3v) is 5.17. The predicted molar refractivity (Wildman–Crippen MR) is 93.2 cm³/mol. The van der Waals surface area contributed by atoms with Gasteiger partial charge in [0.25, 0.3) is 0 Å². The van der Waals surface area contributed by atoms with E-state index in [1.165, 1.54) is 57.7 Å². The molecule has 0 amide bonds. The molecule has 1 aromatic rings. The summed E-state index contributed by atoms with van der Waals surface area (Å²) in [5.74, 6) is 2.58. The summed E-state index contributed by atoms with van der Waals surface area (Å²) < 4.78 is 10.9. The lowest BCUT2D eigenvalue weighted by molar-refractivity contribution is 0.174. The van der Waals surface area contributed by atoms with Gasteiger partial charge >= 0.3 is 0 Å². The molecule has 3 rings (SSSR count). The minimum absolute atomic E-state index is 0.364. The van der Waals surface area contributed by atoms with Crippen molar-refractivity contribution in [1.29, 1.82) is 0 Å². The first kappa shape index (κ1) is 16.6. The maximum atomic E-state index is 5.48. The summed E-state index contributed by atoms with van der Waals surface area (Å²) in [5.41, 5.74) is 1.38. The predicted octanol–water partition coefficient (Wildman–Crippen LogP) is 3.01. The van der Waals surface area contributed by atoms with Crippen molar-refractivity contribution < 1.29 is 9.47 Å². The van der Waals surface area contributed by atoms with Gasteiger partial charge in [-0.1, -0.05) is 19.9 Å². The van der Waals surface area contributed by atoms with Crippen LogP contribution in [0.1, 0.15) is 32.3 Å². The lowest BCUT2D eigenvalue weighted by atomic mass is 9.98. The first-order valence-electron chi connectivity index (χ1n) is 9.11. The SMILES string of the molecule is CCN(CC)CCCN1CCC(Cc2ccc3c(c2)OCO3)C1. The molecule has 23 heavy (non-hydrogen) atoms. The monoisotopic (exact) mass is 318 g/mol. The van der Waals surface area contributed by atoms with Crippen LogP contribution in [0, 0.1) is 5.92 Å². The molecule has 1 saturated heterocycles. The quantitative estimate of drug-likeness (QED) is 0.735. The number of benzene rings is 1. The van der Waals surface area contributed by atoms with Gasteiger partial charge < -0.3 is 19.3 Å². The van der Waals surface area contributed by atoms with Crippen LogP contribution in [0.2, 0.25) is 0 Å².